The highest BCUT2D eigenvalue weighted by Crippen LogP contribution is 2.17. The van der Waals surface area contributed by atoms with Gasteiger partial charge in [0.2, 0.25) is 5.91 Å². The molecule has 0 radical (unpaired) electrons. The minimum Gasteiger partial charge on any atom is -0.493 e. The number of carbonyl (C=O) groups is 1. The Balaban J connectivity index is 2.15. The first-order valence-electron chi connectivity index (χ1n) is 6.45. The predicted octanol–water partition coefficient (Wildman–Crippen LogP) is 2.18. The summed E-state index contributed by atoms with van der Waals surface area (Å²) in [7, 11) is 1.93. The Labute approximate surface area is 119 Å². The summed E-state index contributed by atoms with van der Waals surface area (Å²) in [5.74, 6) is 0.833. The molecular weight excluding hydrogens is 264 g/mol. The van der Waals surface area contributed by atoms with E-state index in [-0.39, 0.29) is 5.91 Å². The van der Waals surface area contributed by atoms with Crippen LogP contribution >= 0.6 is 11.6 Å². The number of nitrogens with zero attached hydrogens (tertiary/aromatic N) is 1. The largest absolute Gasteiger partial charge is 0.493 e. The molecule has 1 amide bonds. The van der Waals surface area contributed by atoms with E-state index in [1.807, 2.05) is 37.1 Å². The zero-order valence-corrected chi connectivity index (χ0v) is 12.2. The van der Waals surface area contributed by atoms with E-state index < -0.39 is 0 Å². The third-order valence-corrected chi connectivity index (χ3v) is 2.77. The molecule has 0 aliphatic heterocycles. The van der Waals surface area contributed by atoms with Crippen LogP contribution < -0.4 is 10.1 Å². The van der Waals surface area contributed by atoms with Crippen LogP contribution in [0.25, 0.3) is 0 Å². The average Bonchev–Trinajstić information content (AvgIpc) is 2.35. The molecule has 1 aromatic carbocycles. The van der Waals surface area contributed by atoms with E-state index in [1.54, 1.807) is 6.07 Å². The predicted molar refractivity (Wildman–Crippen MR) is 77.7 cm³/mol. The number of hydrogen-bond donors (Lipinski definition) is 1. The Hall–Kier alpha value is -1.26. The zero-order valence-electron chi connectivity index (χ0n) is 11.5. The molecule has 1 rings (SSSR count). The molecule has 5 heteroatoms. The number of benzene rings is 1. The maximum atomic E-state index is 11.3. The average molecular weight is 285 g/mol. The molecule has 0 bridgehead atoms. The number of nitrogens with one attached hydrogen (secondary N) is 1. The lowest BCUT2D eigenvalue weighted by molar-refractivity contribution is -0.121. The highest BCUT2D eigenvalue weighted by molar-refractivity contribution is 6.30. The molecule has 19 heavy (non-hydrogen) atoms. The number of likely N-dealkylation sites (N-methyl/N-ethyl adjacent to an activating group) is 2. The molecule has 0 heterocycles. The van der Waals surface area contributed by atoms with Crippen LogP contribution in [0.2, 0.25) is 5.02 Å². The van der Waals surface area contributed by atoms with Gasteiger partial charge in [0.05, 0.1) is 13.2 Å². The summed E-state index contributed by atoms with van der Waals surface area (Å²) >= 11 is 5.86. The first-order valence-corrected chi connectivity index (χ1v) is 6.83. The van der Waals surface area contributed by atoms with Crippen molar-refractivity contribution in [3.63, 3.8) is 0 Å². The molecule has 0 spiro atoms. The van der Waals surface area contributed by atoms with Gasteiger partial charge in [0.25, 0.3) is 0 Å². The van der Waals surface area contributed by atoms with Crippen molar-refractivity contribution in [2.45, 2.75) is 13.3 Å². The first kappa shape index (κ1) is 15.8. The summed E-state index contributed by atoms with van der Waals surface area (Å²) in [6.45, 7) is 4.43. The van der Waals surface area contributed by atoms with Crippen LogP contribution in [0.4, 0.5) is 0 Å². The van der Waals surface area contributed by atoms with Crippen molar-refractivity contribution < 1.29 is 9.53 Å². The summed E-state index contributed by atoms with van der Waals surface area (Å²) in [4.78, 5) is 13.3. The third-order valence-electron chi connectivity index (χ3n) is 2.54. The van der Waals surface area contributed by atoms with E-state index in [0.717, 1.165) is 18.7 Å². The minimum atomic E-state index is 0.0563. The number of rotatable bonds is 8. The fourth-order valence-electron chi connectivity index (χ4n) is 1.66. The maximum Gasteiger partial charge on any atom is 0.234 e. The lowest BCUT2D eigenvalue weighted by Gasteiger charge is -2.16. The van der Waals surface area contributed by atoms with Gasteiger partial charge in [0, 0.05) is 18.1 Å². The van der Waals surface area contributed by atoms with Crippen LogP contribution in [-0.4, -0.2) is 44.1 Å². The smallest absolute Gasteiger partial charge is 0.234 e. The molecule has 0 fully saturated rings. The quantitative estimate of drug-likeness (QED) is 0.744. The van der Waals surface area contributed by atoms with Crippen molar-refractivity contribution >= 4 is 17.5 Å². The highest BCUT2D eigenvalue weighted by atomic mass is 35.5. The van der Waals surface area contributed by atoms with Crippen molar-refractivity contribution in [2.75, 3.05) is 33.3 Å². The van der Waals surface area contributed by atoms with E-state index in [2.05, 4.69) is 5.32 Å². The van der Waals surface area contributed by atoms with Crippen LogP contribution in [0.3, 0.4) is 0 Å². The Morgan fingerprint density at radius 3 is 2.95 bits per heavy atom. The number of hydrogen-bond acceptors (Lipinski definition) is 3. The fourth-order valence-corrected chi connectivity index (χ4v) is 1.84. The molecular formula is C14H21ClN2O2. The Kier molecular flexibility index (Phi) is 7.30. The van der Waals surface area contributed by atoms with Gasteiger partial charge in [0.1, 0.15) is 5.75 Å². The van der Waals surface area contributed by atoms with Crippen LogP contribution in [0, 0.1) is 0 Å². The lowest BCUT2D eigenvalue weighted by Crippen LogP contribution is -2.35. The van der Waals surface area contributed by atoms with Crippen molar-refractivity contribution in [2.24, 2.45) is 0 Å². The zero-order chi connectivity index (χ0) is 14.1. The molecule has 0 aliphatic rings. The van der Waals surface area contributed by atoms with Crippen molar-refractivity contribution in [3.8, 4) is 5.75 Å². The summed E-state index contributed by atoms with van der Waals surface area (Å²) in [6, 6.07) is 7.34. The van der Waals surface area contributed by atoms with E-state index in [9.17, 15) is 4.79 Å². The Bertz CT molecular complexity index is 399. The second kappa shape index (κ2) is 8.77. The molecule has 0 aliphatic carbocycles. The molecule has 106 valence electrons. The summed E-state index contributed by atoms with van der Waals surface area (Å²) < 4.78 is 5.58. The summed E-state index contributed by atoms with van der Waals surface area (Å²) in [5, 5.41) is 3.44. The molecule has 4 nitrogen and oxygen atoms in total. The van der Waals surface area contributed by atoms with Gasteiger partial charge in [0.15, 0.2) is 0 Å². The minimum absolute atomic E-state index is 0.0563. The molecule has 0 saturated carbocycles. The third kappa shape index (κ3) is 7.03. The molecule has 0 atom stereocenters. The number of carbonyl (C=O) groups excluding carboxylic acids is 1. The highest BCUT2D eigenvalue weighted by Gasteiger charge is 2.04. The van der Waals surface area contributed by atoms with Crippen LogP contribution in [0.15, 0.2) is 24.3 Å². The van der Waals surface area contributed by atoms with Gasteiger partial charge < -0.3 is 10.1 Å². The maximum absolute atomic E-state index is 11.3. The van der Waals surface area contributed by atoms with E-state index in [0.29, 0.717) is 24.7 Å². The molecule has 0 saturated heterocycles. The van der Waals surface area contributed by atoms with Gasteiger partial charge in [-0.3, -0.25) is 9.69 Å². The van der Waals surface area contributed by atoms with Crippen LogP contribution in [0.5, 0.6) is 5.75 Å². The molecule has 0 unspecified atom stereocenters. The Morgan fingerprint density at radius 1 is 1.47 bits per heavy atom. The number of halogens is 1. The summed E-state index contributed by atoms with van der Waals surface area (Å²) in [5.41, 5.74) is 0. The number of amides is 1. The first-order chi connectivity index (χ1) is 9.11. The fraction of sp³-hybridized carbons (Fsp3) is 0.500. The van der Waals surface area contributed by atoms with E-state index in [1.165, 1.54) is 0 Å². The van der Waals surface area contributed by atoms with Crippen molar-refractivity contribution in [3.05, 3.63) is 29.3 Å². The van der Waals surface area contributed by atoms with Gasteiger partial charge in [-0.2, -0.15) is 0 Å². The van der Waals surface area contributed by atoms with E-state index in [4.69, 9.17) is 16.3 Å². The van der Waals surface area contributed by atoms with Gasteiger partial charge in [-0.1, -0.05) is 17.7 Å². The lowest BCUT2D eigenvalue weighted by atomic mass is 10.3. The SMILES string of the molecule is CCNC(=O)CN(C)CCCOc1cccc(Cl)c1. The van der Waals surface area contributed by atoms with Gasteiger partial charge in [-0.05, 0) is 38.6 Å². The van der Waals surface area contributed by atoms with Gasteiger partial charge >= 0.3 is 0 Å². The molecule has 1 aromatic rings. The monoisotopic (exact) mass is 284 g/mol. The van der Waals surface area contributed by atoms with Gasteiger partial charge in [-0.25, -0.2) is 0 Å². The summed E-state index contributed by atoms with van der Waals surface area (Å²) in [6.07, 6.45) is 0.864. The van der Waals surface area contributed by atoms with Crippen molar-refractivity contribution in [1.82, 2.24) is 10.2 Å². The normalized spacial score (nSPS) is 10.5. The number of ether oxygens (including phenoxy) is 1. The molecule has 0 aromatic heterocycles. The second-order valence-corrected chi connectivity index (χ2v) is 4.79. The topological polar surface area (TPSA) is 41.6 Å². The van der Waals surface area contributed by atoms with Gasteiger partial charge in [-0.15, -0.1) is 0 Å². The molecule has 1 N–H and O–H groups in total. The standard InChI is InChI=1S/C14H21ClN2O2/c1-3-16-14(18)11-17(2)8-5-9-19-13-7-4-6-12(15)10-13/h4,6-7,10H,3,5,8-9,11H2,1-2H3,(H,16,18). The second-order valence-electron chi connectivity index (χ2n) is 4.35. The van der Waals surface area contributed by atoms with Crippen LogP contribution in [0.1, 0.15) is 13.3 Å². The van der Waals surface area contributed by atoms with E-state index >= 15 is 0 Å². The Morgan fingerprint density at radius 2 is 2.26 bits per heavy atom. The van der Waals surface area contributed by atoms with Crippen LogP contribution in [-0.2, 0) is 4.79 Å². The van der Waals surface area contributed by atoms with Crippen molar-refractivity contribution in [1.29, 1.82) is 0 Å².